The third kappa shape index (κ3) is 2.33. The van der Waals surface area contributed by atoms with E-state index < -0.39 is 10.0 Å². The highest BCUT2D eigenvalue weighted by Crippen LogP contribution is 2.30. The van der Waals surface area contributed by atoms with Crippen molar-refractivity contribution in [1.82, 2.24) is 9.78 Å². The minimum atomic E-state index is -3.36. The molecule has 0 spiro atoms. The van der Waals surface area contributed by atoms with Crippen LogP contribution in [0.15, 0.2) is 6.20 Å². The van der Waals surface area contributed by atoms with Crippen molar-refractivity contribution in [3.05, 3.63) is 11.8 Å². The van der Waals surface area contributed by atoms with Gasteiger partial charge in [0.2, 0.25) is 10.0 Å². The fourth-order valence-electron chi connectivity index (χ4n) is 1.42. The molecule has 0 bridgehead atoms. The minimum absolute atomic E-state index is 0.128. The Balaban J connectivity index is 2.19. The molecule has 1 aromatic heterocycles. The smallest absolute Gasteiger partial charge is 0.234 e. The van der Waals surface area contributed by atoms with Gasteiger partial charge in [-0.1, -0.05) is 0 Å². The molecular formula is C9H12N4O2S. The largest absolute Gasteiger partial charge is 0.266 e. The lowest BCUT2D eigenvalue weighted by Gasteiger charge is -2.07. The van der Waals surface area contributed by atoms with Crippen LogP contribution in [0.2, 0.25) is 0 Å². The second kappa shape index (κ2) is 3.79. The van der Waals surface area contributed by atoms with Gasteiger partial charge in [0.25, 0.3) is 0 Å². The van der Waals surface area contributed by atoms with Crippen LogP contribution in [-0.2, 0) is 17.1 Å². The second-order valence-electron chi connectivity index (χ2n) is 3.97. The molecule has 86 valence electrons. The Morgan fingerprint density at radius 3 is 2.94 bits per heavy atom. The molecule has 0 aromatic carbocycles. The van der Waals surface area contributed by atoms with Crippen LogP contribution in [0, 0.1) is 17.2 Å². The molecular weight excluding hydrogens is 228 g/mol. The number of nitrogens with zero attached hydrogens (tertiary/aromatic N) is 3. The Bertz CT molecular complexity index is 536. The molecule has 1 aliphatic rings. The summed E-state index contributed by atoms with van der Waals surface area (Å²) < 4.78 is 27.2. The lowest BCUT2D eigenvalue weighted by atomic mass is 10.4. The molecule has 2 rings (SSSR count). The summed E-state index contributed by atoms with van der Waals surface area (Å²) in [6.45, 7) is 0. The Kier molecular flexibility index (Phi) is 2.59. The summed E-state index contributed by atoms with van der Waals surface area (Å²) in [4.78, 5) is 0. The van der Waals surface area contributed by atoms with E-state index in [1.165, 1.54) is 10.9 Å². The van der Waals surface area contributed by atoms with Crippen molar-refractivity contribution < 1.29 is 8.42 Å². The highest BCUT2D eigenvalue weighted by molar-refractivity contribution is 7.92. The second-order valence-corrected chi connectivity index (χ2v) is 5.74. The van der Waals surface area contributed by atoms with Gasteiger partial charge in [0, 0.05) is 7.05 Å². The van der Waals surface area contributed by atoms with E-state index in [4.69, 9.17) is 5.26 Å². The Morgan fingerprint density at radius 2 is 2.38 bits per heavy atom. The molecule has 0 saturated heterocycles. The molecule has 7 heteroatoms. The van der Waals surface area contributed by atoms with Crippen LogP contribution in [0.25, 0.3) is 0 Å². The van der Waals surface area contributed by atoms with Crippen molar-refractivity contribution in [2.45, 2.75) is 12.8 Å². The lowest BCUT2D eigenvalue weighted by molar-refractivity contribution is 0.596. The Labute approximate surface area is 93.9 Å². The molecule has 1 N–H and O–H groups in total. The molecule has 1 aliphatic carbocycles. The molecule has 0 unspecified atom stereocenters. The number of rotatable bonds is 4. The van der Waals surface area contributed by atoms with E-state index in [1.54, 1.807) is 7.05 Å². The van der Waals surface area contributed by atoms with E-state index in [9.17, 15) is 8.42 Å². The summed E-state index contributed by atoms with van der Waals surface area (Å²) in [6.07, 6.45) is 3.28. The van der Waals surface area contributed by atoms with Gasteiger partial charge < -0.3 is 0 Å². The first kappa shape index (κ1) is 11.0. The summed E-state index contributed by atoms with van der Waals surface area (Å²) in [5, 5.41) is 12.6. The van der Waals surface area contributed by atoms with Gasteiger partial charge in [0.1, 0.15) is 11.6 Å². The summed E-state index contributed by atoms with van der Waals surface area (Å²) in [6, 6.07) is 1.90. The van der Waals surface area contributed by atoms with Crippen LogP contribution in [0.5, 0.6) is 0 Å². The SMILES string of the molecule is Cn1ncc(C#N)c1NS(=O)(=O)CC1CC1. The first-order chi connectivity index (χ1) is 7.52. The first-order valence-electron chi connectivity index (χ1n) is 4.94. The van der Waals surface area contributed by atoms with Gasteiger partial charge in [-0.2, -0.15) is 10.4 Å². The van der Waals surface area contributed by atoms with Crippen molar-refractivity contribution in [2.24, 2.45) is 13.0 Å². The van der Waals surface area contributed by atoms with Gasteiger partial charge in [-0.3, -0.25) is 9.40 Å². The molecule has 0 amide bonds. The molecule has 1 fully saturated rings. The summed E-state index contributed by atoms with van der Waals surface area (Å²) in [5.74, 6) is 0.641. The summed E-state index contributed by atoms with van der Waals surface area (Å²) in [7, 11) is -1.77. The predicted octanol–water partition coefficient (Wildman–Crippen LogP) is 0.443. The van der Waals surface area contributed by atoms with E-state index in [0.717, 1.165) is 12.8 Å². The van der Waals surface area contributed by atoms with Crippen LogP contribution in [0.4, 0.5) is 5.82 Å². The topological polar surface area (TPSA) is 87.8 Å². The van der Waals surface area contributed by atoms with Crippen molar-refractivity contribution >= 4 is 15.8 Å². The molecule has 1 heterocycles. The number of nitriles is 1. The molecule has 16 heavy (non-hydrogen) atoms. The quantitative estimate of drug-likeness (QED) is 0.827. The molecule has 0 aliphatic heterocycles. The van der Waals surface area contributed by atoms with Gasteiger partial charge in [-0.25, -0.2) is 8.42 Å². The number of sulfonamides is 1. The number of hydrogen-bond donors (Lipinski definition) is 1. The molecule has 1 saturated carbocycles. The highest BCUT2D eigenvalue weighted by Gasteiger charge is 2.28. The van der Waals surface area contributed by atoms with E-state index in [1.807, 2.05) is 6.07 Å². The van der Waals surface area contributed by atoms with Gasteiger partial charge in [0.15, 0.2) is 5.82 Å². The normalized spacial score (nSPS) is 15.8. The molecule has 6 nitrogen and oxygen atoms in total. The number of aryl methyl sites for hydroxylation is 1. The van der Waals surface area contributed by atoms with Crippen molar-refractivity contribution in [1.29, 1.82) is 5.26 Å². The van der Waals surface area contributed by atoms with E-state index >= 15 is 0 Å². The van der Waals surface area contributed by atoms with Crippen LogP contribution >= 0.6 is 0 Å². The number of hydrogen-bond acceptors (Lipinski definition) is 4. The van der Waals surface area contributed by atoms with Crippen LogP contribution in [0.3, 0.4) is 0 Å². The van der Waals surface area contributed by atoms with Crippen LogP contribution in [0.1, 0.15) is 18.4 Å². The summed E-state index contributed by atoms with van der Waals surface area (Å²) >= 11 is 0. The van der Waals surface area contributed by atoms with Crippen molar-refractivity contribution in [3.8, 4) is 6.07 Å². The first-order valence-corrected chi connectivity index (χ1v) is 6.59. The van der Waals surface area contributed by atoms with Crippen molar-refractivity contribution in [3.63, 3.8) is 0 Å². The average Bonchev–Trinajstić information content (AvgIpc) is 2.93. The Hall–Kier alpha value is -1.55. The van der Waals surface area contributed by atoms with E-state index in [-0.39, 0.29) is 23.1 Å². The van der Waals surface area contributed by atoms with Gasteiger partial charge in [0.05, 0.1) is 11.9 Å². The number of nitrogens with one attached hydrogen (secondary N) is 1. The van der Waals surface area contributed by atoms with Crippen LogP contribution in [-0.4, -0.2) is 24.0 Å². The van der Waals surface area contributed by atoms with E-state index in [0.29, 0.717) is 0 Å². The maximum absolute atomic E-state index is 11.7. The van der Waals surface area contributed by atoms with Crippen LogP contribution < -0.4 is 4.72 Å². The number of anilines is 1. The van der Waals surface area contributed by atoms with Gasteiger partial charge in [-0.15, -0.1) is 0 Å². The summed E-state index contributed by atoms with van der Waals surface area (Å²) in [5.41, 5.74) is 0.238. The fourth-order valence-corrected chi connectivity index (χ4v) is 3.00. The minimum Gasteiger partial charge on any atom is -0.266 e. The molecule has 0 radical (unpaired) electrons. The van der Waals surface area contributed by atoms with Gasteiger partial charge >= 0.3 is 0 Å². The fraction of sp³-hybridized carbons (Fsp3) is 0.556. The zero-order valence-corrected chi connectivity index (χ0v) is 9.66. The lowest BCUT2D eigenvalue weighted by Crippen LogP contribution is -2.20. The molecule has 0 atom stereocenters. The predicted molar refractivity (Wildman–Crippen MR) is 58.1 cm³/mol. The monoisotopic (exact) mass is 240 g/mol. The highest BCUT2D eigenvalue weighted by atomic mass is 32.2. The maximum atomic E-state index is 11.7. The third-order valence-corrected chi connectivity index (χ3v) is 3.88. The zero-order valence-electron chi connectivity index (χ0n) is 8.84. The third-order valence-electron chi connectivity index (χ3n) is 2.46. The van der Waals surface area contributed by atoms with Crippen molar-refractivity contribution in [2.75, 3.05) is 10.5 Å². The number of aromatic nitrogens is 2. The zero-order chi connectivity index (χ0) is 11.8. The maximum Gasteiger partial charge on any atom is 0.234 e. The van der Waals surface area contributed by atoms with E-state index in [2.05, 4.69) is 9.82 Å². The molecule has 1 aromatic rings. The Morgan fingerprint density at radius 1 is 1.69 bits per heavy atom. The standard InChI is InChI=1S/C9H12N4O2S/c1-13-9(8(4-10)5-11-13)12-16(14,15)6-7-2-3-7/h5,7,12H,2-3,6H2,1H3. The van der Waals surface area contributed by atoms with Gasteiger partial charge in [-0.05, 0) is 18.8 Å². The average molecular weight is 240 g/mol.